The number of rotatable bonds is 11. The number of methoxy groups -OCH3 is 1. The van der Waals surface area contributed by atoms with E-state index in [-0.39, 0.29) is 29.6 Å². The third-order valence-electron chi connectivity index (χ3n) is 4.14. The maximum atomic E-state index is 12.3. The smallest absolute Gasteiger partial charge is 0.374 e. The second-order valence-corrected chi connectivity index (χ2v) is 9.65. The molecule has 0 bridgehead atoms. The van der Waals surface area contributed by atoms with Crippen molar-refractivity contribution < 1.29 is 48.6 Å². The summed E-state index contributed by atoms with van der Waals surface area (Å²) in [6.07, 6.45) is 1.43. The molecule has 1 aliphatic rings. The first-order chi connectivity index (χ1) is 17.2. The van der Waals surface area contributed by atoms with Crippen molar-refractivity contribution in [1.82, 2.24) is 9.55 Å². The van der Waals surface area contributed by atoms with Crippen molar-refractivity contribution in [3.63, 3.8) is 0 Å². The van der Waals surface area contributed by atoms with Gasteiger partial charge in [-0.15, -0.1) is 0 Å². The molecule has 1 aromatic rings. The van der Waals surface area contributed by atoms with Crippen LogP contribution in [0.15, 0.2) is 33.7 Å². The van der Waals surface area contributed by atoms with Crippen molar-refractivity contribution >= 4 is 16.6 Å². The summed E-state index contributed by atoms with van der Waals surface area (Å²) in [7, 11) is -0.00288. The molecule has 2 unspecified atom stereocenters. The molecule has 0 aliphatic carbocycles. The average Bonchev–Trinajstić information content (AvgIpc) is 3.20. The summed E-state index contributed by atoms with van der Waals surface area (Å²) in [5.41, 5.74) is -1.24. The van der Waals surface area contributed by atoms with E-state index in [4.69, 9.17) is 34.1 Å². The third-order valence-corrected chi connectivity index (χ3v) is 6.38. The van der Waals surface area contributed by atoms with Gasteiger partial charge in [-0.1, -0.05) is 13.8 Å². The molecule has 1 aromatic heterocycles. The number of aromatic amines is 1. The average molecular weight is 608 g/mol. The Morgan fingerprint density at radius 3 is 2.30 bits per heavy atom. The van der Waals surface area contributed by atoms with E-state index in [1.807, 2.05) is 13.8 Å². The second-order valence-electron chi connectivity index (χ2n) is 6.85. The third kappa shape index (κ3) is 13.4. The van der Waals surface area contributed by atoms with Crippen molar-refractivity contribution in [2.24, 2.45) is 0 Å². The summed E-state index contributed by atoms with van der Waals surface area (Å²) < 4.78 is 45.7. The van der Waals surface area contributed by atoms with Crippen LogP contribution in [-0.4, -0.2) is 62.3 Å². The maximum Gasteiger partial charge on any atom is 2.00 e. The predicted molar refractivity (Wildman–Crippen MR) is 139 cm³/mol. The van der Waals surface area contributed by atoms with Gasteiger partial charge in [-0.3, -0.25) is 18.9 Å². The fourth-order valence-electron chi connectivity index (χ4n) is 2.67. The number of nitrogens with one attached hydrogen (secondary N) is 1. The van der Waals surface area contributed by atoms with Crippen LogP contribution in [0.4, 0.5) is 0 Å². The molecule has 214 valence electrons. The summed E-state index contributed by atoms with van der Waals surface area (Å²) >= 11 is 0. The van der Waals surface area contributed by atoms with Crippen molar-refractivity contribution in [1.29, 1.82) is 0 Å². The van der Waals surface area contributed by atoms with E-state index in [2.05, 4.69) is 23.7 Å². The Hall–Kier alpha value is -1.18. The standard InChI is InChI=1S/C16H23N3O9P2.2C3H7.Ni/c1-17-7-9-26-29-28-13-11(6-10-30(22,24-3)25-4)27-15(14(13)23-2)19-8-5-12(20)18-16(19)21;2*1-3-2;/h5-6,8,10-11,13-15,29H,7,9H2,2-4H3,(H,18,20,21);2*1,3H2,2H3;/q;2*-1;+2/b10-6+;;;/t11-,13+,14?,15-;;;/m1.../s1. The van der Waals surface area contributed by atoms with Crippen molar-refractivity contribution in [3.05, 3.63) is 70.3 Å². The first-order valence-electron chi connectivity index (χ1n) is 11.1. The molecule has 1 N–H and O–H groups in total. The zero-order valence-corrected chi connectivity index (χ0v) is 24.6. The Labute approximate surface area is 230 Å². The van der Waals surface area contributed by atoms with E-state index in [1.54, 1.807) is 0 Å². The number of nitrogens with zero attached hydrogens (tertiary/aromatic N) is 2. The maximum absolute atomic E-state index is 12.3. The minimum absolute atomic E-state index is 0. The number of aromatic nitrogens is 2. The normalized spacial score (nSPS) is 21.0. The first kappa shape index (κ1) is 38.0. The fraction of sp³-hybridized carbons (Fsp3) is 0.591. The van der Waals surface area contributed by atoms with Gasteiger partial charge in [0.05, 0.1) is 0 Å². The second kappa shape index (κ2) is 21.7. The van der Waals surface area contributed by atoms with Crippen molar-refractivity contribution in [2.75, 3.05) is 34.5 Å². The summed E-state index contributed by atoms with van der Waals surface area (Å²) in [4.78, 5) is 28.9. The van der Waals surface area contributed by atoms with Gasteiger partial charge in [0.15, 0.2) is 15.3 Å². The van der Waals surface area contributed by atoms with E-state index in [0.29, 0.717) is 0 Å². The van der Waals surface area contributed by atoms with Gasteiger partial charge < -0.3 is 46.3 Å². The number of hydrogen-bond donors (Lipinski definition) is 1. The molecule has 12 nitrogen and oxygen atoms in total. The SMILES string of the molecule is [C-]#[N+]CCOPO[C@@H]1C(OC)[C@H](n2ccc(=O)[nH]c2=O)O[C@@H]1/C=C/P(=O)(OC)OC.[CH2-]CC.[CH2-]CC.[Ni+2]. The van der Waals surface area contributed by atoms with E-state index in [1.165, 1.54) is 45.5 Å². The van der Waals surface area contributed by atoms with Gasteiger partial charge >= 0.3 is 29.8 Å². The van der Waals surface area contributed by atoms with Gasteiger partial charge in [0.25, 0.3) is 5.56 Å². The molecule has 0 amide bonds. The van der Waals surface area contributed by atoms with E-state index < -0.39 is 52.4 Å². The Kier molecular flexibility index (Phi) is 22.3. The molecule has 0 radical (unpaired) electrons. The quantitative estimate of drug-likeness (QED) is 0.173. The fourth-order valence-corrected chi connectivity index (χ4v) is 4.06. The van der Waals surface area contributed by atoms with E-state index in [0.717, 1.165) is 17.4 Å². The molecule has 5 atom stereocenters. The van der Waals surface area contributed by atoms with Gasteiger partial charge in [-0.25, -0.2) is 11.4 Å². The molecule has 15 heteroatoms. The van der Waals surface area contributed by atoms with Gasteiger partial charge in [0, 0.05) is 39.4 Å². The summed E-state index contributed by atoms with van der Waals surface area (Å²) in [5.74, 6) is 1.22. The van der Waals surface area contributed by atoms with Crippen LogP contribution < -0.4 is 11.2 Å². The van der Waals surface area contributed by atoms with Crippen LogP contribution in [0.3, 0.4) is 0 Å². The van der Waals surface area contributed by atoms with Crippen molar-refractivity contribution in [2.45, 2.75) is 51.2 Å². The Balaban J connectivity index is 0. The van der Waals surface area contributed by atoms with Gasteiger partial charge in [-0.05, 0) is 6.08 Å². The molecule has 0 saturated carbocycles. The molecule has 2 heterocycles. The van der Waals surface area contributed by atoms with Crippen LogP contribution in [0.25, 0.3) is 4.85 Å². The van der Waals surface area contributed by atoms with Gasteiger partial charge in [-0.2, -0.15) is 12.8 Å². The first-order valence-corrected chi connectivity index (χ1v) is 13.5. The predicted octanol–water partition coefficient (Wildman–Crippen LogP) is 3.74. The topological polar surface area (TPSA) is 132 Å². The molecule has 0 aromatic carbocycles. The van der Waals surface area contributed by atoms with Crippen LogP contribution in [0.5, 0.6) is 0 Å². The van der Waals surface area contributed by atoms with Crippen LogP contribution in [0, 0.1) is 20.4 Å². The molecular formula is C22H37N3NiO9P2. The Morgan fingerprint density at radius 1 is 1.22 bits per heavy atom. The summed E-state index contributed by atoms with van der Waals surface area (Å²) in [6.45, 7) is 18.1. The molecule has 1 fully saturated rings. The molecule has 2 rings (SSSR count). The van der Waals surface area contributed by atoms with Gasteiger partial charge in [0.2, 0.25) is 6.54 Å². The summed E-state index contributed by atoms with van der Waals surface area (Å²) in [6, 6.07) is 1.18. The minimum Gasteiger partial charge on any atom is -0.374 e. The molecule has 37 heavy (non-hydrogen) atoms. The zero-order chi connectivity index (χ0) is 27.6. The van der Waals surface area contributed by atoms with Crippen LogP contribution in [-0.2, 0) is 48.6 Å². The summed E-state index contributed by atoms with van der Waals surface area (Å²) in [5, 5.41) is 0. The monoisotopic (exact) mass is 607 g/mol. The van der Waals surface area contributed by atoms with Crippen LogP contribution in [0.2, 0.25) is 0 Å². The Bertz CT molecular complexity index is 958. The molecule has 0 spiro atoms. The molecule has 1 aliphatic heterocycles. The number of ether oxygens (including phenoxy) is 2. The molecule has 1 saturated heterocycles. The zero-order valence-electron chi connectivity index (χ0n) is 21.7. The van der Waals surface area contributed by atoms with Gasteiger partial charge in [0.1, 0.15) is 24.9 Å². The van der Waals surface area contributed by atoms with Crippen LogP contribution in [0.1, 0.15) is 32.9 Å². The molecular weight excluding hydrogens is 571 g/mol. The van der Waals surface area contributed by atoms with Crippen molar-refractivity contribution in [3.8, 4) is 0 Å². The Morgan fingerprint density at radius 2 is 1.81 bits per heavy atom. The largest absolute Gasteiger partial charge is 2.00 e. The van der Waals surface area contributed by atoms with E-state index in [9.17, 15) is 14.2 Å². The van der Waals surface area contributed by atoms with E-state index >= 15 is 0 Å². The van der Waals surface area contributed by atoms with Crippen LogP contribution >= 0.6 is 16.6 Å². The number of hydrogen-bond acceptors (Lipinski definition) is 9. The minimum atomic E-state index is -3.47. The number of H-pyrrole nitrogens is 1.